The molecule has 2 unspecified atom stereocenters. The molecule has 1 aromatic heterocycles. The number of rotatable bonds is 6. The lowest BCUT2D eigenvalue weighted by Gasteiger charge is -2.18. The van der Waals surface area contributed by atoms with Gasteiger partial charge in [-0.15, -0.1) is 11.8 Å². The van der Waals surface area contributed by atoms with Gasteiger partial charge in [0.2, 0.25) is 0 Å². The van der Waals surface area contributed by atoms with Gasteiger partial charge in [-0.05, 0) is 37.1 Å². The lowest BCUT2D eigenvalue weighted by atomic mass is 10.2. The fraction of sp³-hybridized carbons (Fsp3) is 0.667. The van der Waals surface area contributed by atoms with E-state index in [1.54, 1.807) is 6.26 Å². The first-order chi connectivity index (χ1) is 7.11. The summed E-state index contributed by atoms with van der Waals surface area (Å²) in [6, 6.07) is 4.07. The van der Waals surface area contributed by atoms with E-state index >= 15 is 0 Å². The first-order valence-corrected chi connectivity index (χ1v) is 6.56. The van der Waals surface area contributed by atoms with Crippen LogP contribution in [-0.2, 0) is 0 Å². The second kappa shape index (κ2) is 6.23. The summed E-state index contributed by atoms with van der Waals surface area (Å²) in [7, 11) is 0. The number of nitrogens with two attached hydrogens (primary N) is 1. The molecule has 0 aliphatic heterocycles. The van der Waals surface area contributed by atoms with Crippen LogP contribution in [0, 0.1) is 5.92 Å². The minimum atomic E-state index is 0.133. The Labute approximate surface area is 96.6 Å². The molecular weight excluding hydrogens is 206 g/mol. The van der Waals surface area contributed by atoms with Crippen molar-refractivity contribution in [1.82, 2.24) is 0 Å². The molecule has 0 aliphatic carbocycles. The Balaban J connectivity index is 2.45. The predicted octanol–water partition coefficient (Wildman–Crippen LogP) is 3.45. The van der Waals surface area contributed by atoms with Crippen molar-refractivity contribution in [3.8, 4) is 0 Å². The van der Waals surface area contributed by atoms with Crippen LogP contribution in [-0.4, -0.2) is 11.8 Å². The first-order valence-electron chi connectivity index (χ1n) is 5.52. The third-order valence-electron chi connectivity index (χ3n) is 2.29. The van der Waals surface area contributed by atoms with Crippen LogP contribution in [0.25, 0.3) is 0 Å². The summed E-state index contributed by atoms with van der Waals surface area (Å²) in [5.41, 5.74) is 5.96. The second-order valence-electron chi connectivity index (χ2n) is 4.35. The van der Waals surface area contributed by atoms with Gasteiger partial charge in [-0.25, -0.2) is 0 Å². The van der Waals surface area contributed by atoms with Gasteiger partial charge >= 0.3 is 0 Å². The van der Waals surface area contributed by atoms with E-state index in [0.29, 0.717) is 5.25 Å². The molecule has 0 fully saturated rings. The molecule has 86 valence electrons. The summed E-state index contributed by atoms with van der Waals surface area (Å²) >= 11 is 1.90. The monoisotopic (exact) mass is 227 g/mol. The molecule has 0 aliphatic rings. The Morgan fingerprint density at radius 1 is 1.40 bits per heavy atom. The van der Waals surface area contributed by atoms with Crippen LogP contribution in [0.15, 0.2) is 22.8 Å². The van der Waals surface area contributed by atoms with E-state index in [0.717, 1.165) is 17.4 Å². The predicted molar refractivity (Wildman–Crippen MR) is 67.0 cm³/mol. The van der Waals surface area contributed by atoms with E-state index in [2.05, 4.69) is 13.8 Å². The Hall–Kier alpha value is -0.410. The molecule has 0 radical (unpaired) electrons. The normalized spacial score (nSPS) is 15.5. The van der Waals surface area contributed by atoms with Gasteiger partial charge in [0.15, 0.2) is 0 Å². The average molecular weight is 227 g/mol. The molecule has 1 rings (SSSR count). The molecule has 2 atom stereocenters. The molecule has 3 heteroatoms. The van der Waals surface area contributed by atoms with Gasteiger partial charge in [0.25, 0.3) is 0 Å². The summed E-state index contributed by atoms with van der Waals surface area (Å²) in [6.07, 6.45) is 2.95. The van der Waals surface area contributed by atoms with Crippen molar-refractivity contribution >= 4 is 11.8 Å². The summed E-state index contributed by atoms with van der Waals surface area (Å²) in [5, 5.41) is 0.291. The van der Waals surface area contributed by atoms with Crippen LogP contribution in [0.3, 0.4) is 0 Å². The maximum absolute atomic E-state index is 5.96. The number of hydrogen-bond acceptors (Lipinski definition) is 3. The Morgan fingerprint density at radius 2 is 2.13 bits per heavy atom. The highest BCUT2D eigenvalue weighted by Crippen LogP contribution is 2.32. The number of thioether (sulfide) groups is 1. The first kappa shape index (κ1) is 12.7. The highest BCUT2D eigenvalue weighted by Gasteiger charge is 2.19. The number of hydrogen-bond donors (Lipinski definition) is 1. The smallest absolute Gasteiger partial charge is 0.118 e. The lowest BCUT2D eigenvalue weighted by Crippen LogP contribution is -2.22. The zero-order valence-corrected chi connectivity index (χ0v) is 10.6. The average Bonchev–Trinajstić information content (AvgIpc) is 2.63. The van der Waals surface area contributed by atoms with Gasteiger partial charge in [0, 0.05) is 6.04 Å². The van der Waals surface area contributed by atoms with Crippen LogP contribution >= 0.6 is 11.8 Å². The van der Waals surface area contributed by atoms with Crippen molar-refractivity contribution in [3.05, 3.63) is 24.2 Å². The Morgan fingerprint density at radius 3 is 2.60 bits per heavy atom. The van der Waals surface area contributed by atoms with Crippen LogP contribution in [0.5, 0.6) is 0 Å². The van der Waals surface area contributed by atoms with E-state index in [4.69, 9.17) is 10.2 Å². The third kappa shape index (κ3) is 4.31. The van der Waals surface area contributed by atoms with Gasteiger partial charge in [-0.1, -0.05) is 13.8 Å². The van der Waals surface area contributed by atoms with Crippen molar-refractivity contribution in [1.29, 1.82) is 0 Å². The molecule has 0 amide bonds. The van der Waals surface area contributed by atoms with Gasteiger partial charge in [0.05, 0.1) is 11.5 Å². The topological polar surface area (TPSA) is 39.2 Å². The Bertz CT molecular complexity index is 257. The SMILES string of the molecule is CC(C)CCSC(c1ccco1)C(C)N. The van der Waals surface area contributed by atoms with Gasteiger partial charge in [-0.3, -0.25) is 0 Å². The maximum Gasteiger partial charge on any atom is 0.118 e. The standard InChI is InChI=1S/C12H21NOS/c1-9(2)6-8-15-12(10(3)13)11-5-4-7-14-11/h4-5,7,9-10,12H,6,8,13H2,1-3H3. The van der Waals surface area contributed by atoms with Gasteiger partial charge in [0.1, 0.15) is 5.76 Å². The van der Waals surface area contributed by atoms with E-state index < -0.39 is 0 Å². The van der Waals surface area contributed by atoms with Crippen LogP contribution in [0.2, 0.25) is 0 Å². The van der Waals surface area contributed by atoms with Crippen LogP contribution < -0.4 is 5.73 Å². The zero-order chi connectivity index (χ0) is 11.3. The zero-order valence-electron chi connectivity index (χ0n) is 9.77. The third-order valence-corrected chi connectivity index (χ3v) is 3.79. The maximum atomic E-state index is 5.96. The highest BCUT2D eigenvalue weighted by molar-refractivity contribution is 7.99. The minimum absolute atomic E-state index is 0.133. The fourth-order valence-corrected chi connectivity index (χ4v) is 2.84. The van der Waals surface area contributed by atoms with Crippen molar-refractivity contribution in [2.24, 2.45) is 11.7 Å². The lowest BCUT2D eigenvalue weighted by molar-refractivity contribution is 0.486. The van der Waals surface area contributed by atoms with Crippen LogP contribution in [0.4, 0.5) is 0 Å². The quantitative estimate of drug-likeness (QED) is 0.809. The Kier molecular flexibility index (Phi) is 5.26. The van der Waals surface area contributed by atoms with E-state index in [9.17, 15) is 0 Å². The molecule has 2 nitrogen and oxygen atoms in total. The van der Waals surface area contributed by atoms with Crippen molar-refractivity contribution in [3.63, 3.8) is 0 Å². The molecule has 0 bridgehead atoms. The molecule has 2 N–H and O–H groups in total. The highest BCUT2D eigenvalue weighted by atomic mass is 32.2. The van der Waals surface area contributed by atoms with Crippen LogP contribution in [0.1, 0.15) is 38.2 Å². The molecule has 1 aromatic rings. The molecular formula is C12H21NOS. The molecule has 0 aromatic carbocycles. The summed E-state index contributed by atoms with van der Waals surface area (Å²) in [6.45, 7) is 6.53. The van der Waals surface area contributed by atoms with E-state index in [-0.39, 0.29) is 6.04 Å². The summed E-state index contributed by atoms with van der Waals surface area (Å²) < 4.78 is 5.41. The molecule has 0 saturated carbocycles. The minimum Gasteiger partial charge on any atom is -0.468 e. The van der Waals surface area contributed by atoms with Crippen molar-refractivity contribution in [2.45, 2.75) is 38.5 Å². The summed E-state index contributed by atoms with van der Waals surface area (Å²) in [4.78, 5) is 0. The van der Waals surface area contributed by atoms with Crippen molar-refractivity contribution in [2.75, 3.05) is 5.75 Å². The summed E-state index contributed by atoms with van der Waals surface area (Å²) in [5.74, 6) is 2.89. The van der Waals surface area contributed by atoms with Gasteiger partial charge in [-0.2, -0.15) is 0 Å². The molecule has 0 spiro atoms. The van der Waals surface area contributed by atoms with Crippen molar-refractivity contribution < 1.29 is 4.42 Å². The van der Waals surface area contributed by atoms with Gasteiger partial charge < -0.3 is 10.2 Å². The number of furan rings is 1. The molecule has 15 heavy (non-hydrogen) atoms. The molecule has 1 heterocycles. The molecule has 0 saturated heterocycles. The fourth-order valence-electron chi connectivity index (χ4n) is 1.38. The second-order valence-corrected chi connectivity index (χ2v) is 5.60. The van der Waals surface area contributed by atoms with E-state index in [1.807, 2.05) is 30.8 Å². The van der Waals surface area contributed by atoms with E-state index in [1.165, 1.54) is 6.42 Å². The largest absolute Gasteiger partial charge is 0.468 e.